The van der Waals surface area contributed by atoms with Crippen LogP contribution in [0.15, 0.2) is 116 Å². The lowest BCUT2D eigenvalue weighted by Crippen LogP contribution is -2.57. The van der Waals surface area contributed by atoms with E-state index in [2.05, 4.69) is 34.4 Å². The molecule has 1 unspecified atom stereocenters. The minimum Gasteiger partial charge on any atom is -0.463 e. The van der Waals surface area contributed by atoms with Gasteiger partial charge in [0.1, 0.15) is 18.2 Å². The first-order valence-corrected chi connectivity index (χ1v) is 18.5. The van der Waals surface area contributed by atoms with E-state index < -0.39 is 66.1 Å². The van der Waals surface area contributed by atoms with Crippen molar-refractivity contribution in [3.63, 3.8) is 0 Å². The summed E-state index contributed by atoms with van der Waals surface area (Å²) in [5.41, 5.74) is 0.902. The van der Waals surface area contributed by atoms with Crippen molar-refractivity contribution in [1.29, 1.82) is 0 Å². The zero-order chi connectivity index (χ0) is 36.8. The van der Waals surface area contributed by atoms with Gasteiger partial charge in [-0.15, -0.1) is 13.2 Å². The summed E-state index contributed by atoms with van der Waals surface area (Å²) in [6.45, 7) is 7.45. The van der Waals surface area contributed by atoms with Crippen molar-refractivity contribution < 1.29 is 33.8 Å². The molecule has 11 heteroatoms. The number of nitrogens with one attached hydrogen (secondary N) is 1. The largest absolute Gasteiger partial charge is 0.463 e. The van der Waals surface area contributed by atoms with E-state index in [1.54, 1.807) is 17.1 Å². The molecule has 0 aliphatic carbocycles. The number of benzene rings is 3. The number of allylic oxidation sites excluding steroid dienone is 1. The van der Waals surface area contributed by atoms with Crippen molar-refractivity contribution in [2.75, 3.05) is 19.8 Å². The topological polar surface area (TPSA) is 125 Å². The highest BCUT2D eigenvalue weighted by Crippen LogP contribution is 2.61. The lowest BCUT2D eigenvalue weighted by Gasteiger charge is -2.39. The zero-order valence-electron chi connectivity index (χ0n) is 28.9. The average Bonchev–Trinajstić information content (AvgIpc) is 3.76. The molecule has 3 amide bonds. The molecule has 0 saturated carbocycles. The molecule has 3 aromatic rings. The normalized spacial score (nSPS) is 25.5. The Labute approximate surface area is 312 Å². The van der Waals surface area contributed by atoms with Crippen LogP contribution in [0.3, 0.4) is 0 Å². The highest BCUT2D eigenvalue weighted by molar-refractivity contribution is 9.09. The maximum Gasteiger partial charge on any atom is 0.306 e. The lowest BCUT2D eigenvalue weighted by atomic mass is 9.70. The van der Waals surface area contributed by atoms with Crippen molar-refractivity contribution >= 4 is 39.6 Å². The zero-order valence-corrected chi connectivity index (χ0v) is 30.5. The Morgan fingerprint density at radius 2 is 1.63 bits per heavy atom. The van der Waals surface area contributed by atoms with Crippen LogP contribution in [0.5, 0.6) is 0 Å². The maximum atomic E-state index is 15.0. The van der Waals surface area contributed by atoms with Crippen molar-refractivity contribution in [3.05, 3.63) is 133 Å². The number of carbonyl (C=O) groups is 4. The molecule has 0 radical (unpaired) electrons. The van der Waals surface area contributed by atoms with Crippen LogP contribution in [0, 0.1) is 11.8 Å². The predicted octanol–water partition coefficient (Wildman–Crippen LogP) is 5.05. The van der Waals surface area contributed by atoms with Gasteiger partial charge in [0.15, 0.2) is 0 Å². The fourth-order valence-electron chi connectivity index (χ4n) is 8.02. The van der Waals surface area contributed by atoms with Gasteiger partial charge in [-0.2, -0.15) is 0 Å². The van der Waals surface area contributed by atoms with E-state index in [-0.39, 0.29) is 36.9 Å². The van der Waals surface area contributed by atoms with Crippen molar-refractivity contribution in [3.8, 4) is 0 Å². The van der Waals surface area contributed by atoms with Gasteiger partial charge in [-0.25, -0.2) is 0 Å². The predicted molar refractivity (Wildman–Crippen MR) is 199 cm³/mol. The number of nitrogens with zero attached hydrogens (tertiary/aromatic N) is 2. The third-order valence-corrected chi connectivity index (χ3v) is 11.2. The molecule has 6 rings (SSSR count). The van der Waals surface area contributed by atoms with E-state index >= 15 is 0 Å². The van der Waals surface area contributed by atoms with E-state index in [0.29, 0.717) is 18.4 Å². The summed E-state index contributed by atoms with van der Waals surface area (Å²) in [5, 5.41) is 13.9. The van der Waals surface area contributed by atoms with Crippen LogP contribution >= 0.6 is 15.9 Å². The second kappa shape index (κ2) is 16.4. The number of ether oxygens (including phenoxy) is 2. The molecular formula is C41H44BrN3O7. The first-order chi connectivity index (χ1) is 25.2. The average molecular weight is 771 g/mol. The number of esters is 1. The number of hydrogen-bond acceptors (Lipinski definition) is 7. The third kappa shape index (κ3) is 7.22. The molecule has 3 saturated heterocycles. The van der Waals surface area contributed by atoms with Gasteiger partial charge in [0.2, 0.25) is 17.7 Å². The van der Waals surface area contributed by atoms with Gasteiger partial charge in [-0.3, -0.25) is 19.2 Å². The number of likely N-dealkylation sites (tertiary alicyclic amines) is 1. The molecule has 272 valence electrons. The van der Waals surface area contributed by atoms with Gasteiger partial charge in [-0.05, 0) is 29.5 Å². The Bertz CT molecular complexity index is 1760. The van der Waals surface area contributed by atoms with Gasteiger partial charge in [-0.1, -0.05) is 119 Å². The Morgan fingerprint density at radius 1 is 1.00 bits per heavy atom. The number of amides is 3. The van der Waals surface area contributed by atoms with Crippen LogP contribution in [0.1, 0.15) is 48.0 Å². The summed E-state index contributed by atoms with van der Waals surface area (Å²) in [6, 6.07) is 25.1. The van der Waals surface area contributed by atoms with E-state index in [0.717, 1.165) is 11.1 Å². The number of hydrogen-bond donors (Lipinski definition) is 2. The molecule has 1 spiro atoms. The molecule has 3 aliphatic rings. The summed E-state index contributed by atoms with van der Waals surface area (Å²) in [7, 11) is 0. The number of fused-ring (bicyclic) bond motifs is 1. The van der Waals surface area contributed by atoms with Gasteiger partial charge < -0.3 is 29.7 Å². The number of aliphatic hydroxyl groups excluding tert-OH is 1. The molecule has 10 nitrogen and oxygen atoms in total. The molecule has 52 heavy (non-hydrogen) atoms. The number of carbonyl (C=O) groups excluding carboxylic acids is 4. The van der Waals surface area contributed by atoms with Crippen LogP contribution in [-0.4, -0.2) is 80.9 Å². The van der Waals surface area contributed by atoms with Crippen molar-refractivity contribution in [2.24, 2.45) is 11.8 Å². The summed E-state index contributed by atoms with van der Waals surface area (Å²) in [5.74, 6) is -3.67. The monoisotopic (exact) mass is 769 g/mol. The van der Waals surface area contributed by atoms with E-state index in [1.165, 1.54) is 4.90 Å². The number of aliphatic hydroxyl groups is 1. The van der Waals surface area contributed by atoms with Crippen LogP contribution < -0.4 is 5.32 Å². The molecule has 0 aromatic heterocycles. The fraction of sp³-hybridized carbons (Fsp3) is 0.366. The Balaban J connectivity index is 1.37. The number of alkyl halides is 1. The Hall–Kier alpha value is -4.58. The first-order valence-electron chi connectivity index (χ1n) is 17.6. The molecule has 2 bridgehead atoms. The standard InChI is InChI=1S/C41H44BrN3O7/c1-3-5-21-33(47)51-26-31(28-17-11-7-12-18-28)43-38(48)34-35-39(49)45(32(25-46)29-19-13-8-14-20-29)37(41(35)23-30(42)36(34)52-41)40(50)44(22-4-2)24-27-15-9-6-10-16-27/h3-4,6-20,30-32,34-37,46H,1-2,5,21-26H2,(H,43,48)/t30?,31-,32-,34+,35-,36+,37+,41-/m1/s1. The summed E-state index contributed by atoms with van der Waals surface area (Å²) in [6.07, 6.45) is 3.48. The molecule has 3 heterocycles. The van der Waals surface area contributed by atoms with Crippen LogP contribution in [-0.2, 0) is 35.2 Å². The van der Waals surface area contributed by atoms with Gasteiger partial charge in [0.25, 0.3) is 0 Å². The third-order valence-electron chi connectivity index (χ3n) is 10.3. The molecule has 3 fully saturated rings. The molecule has 3 aromatic carbocycles. The van der Waals surface area contributed by atoms with Crippen LogP contribution in [0.2, 0.25) is 0 Å². The maximum absolute atomic E-state index is 15.0. The molecular weight excluding hydrogens is 726 g/mol. The minimum atomic E-state index is -1.37. The summed E-state index contributed by atoms with van der Waals surface area (Å²) in [4.78, 5) is 59.7. The summed E-state index contributed by atoms with van der Waals surface area (Å²) >= 11 is 3.75. The van der Waals surface area contributed by atoms with Gasteiger partial charge in [0, 0.05) is 24.3 Å². The van der Waals surface area contributed by atoms with Crippen molar-refractivity contribution in [1.82, 2.24) is 15.1 Å². The fourth-order valence-corrected chi connectivity index (χ4v) is 8.96. The Morgan fingerprint density at radius 3 is 2.25 bits per heavy atom. The van der Waals surface area contributed by atoms with Gasteiger partial charge >= 0.3 is 5.97 Å². The lowest BCUT2D eigenvalue weighted by molar-refractivity contribution is -0.151. The molecule has 3 aliphatic heterocycles. The van der Waals surface area contributed by atoms with Gasteiger partial charge in [0.05, 0.1) is 36.6 Å². The first kappa shape index (κ1) is 37.2. The van der Waals surface area contributed by atoms with Crippen molar-refractivity contribution in [2.45, 2.75) is 60.5 Å². The highest BCUT2D eigenvalue weighted by Gasteiger charge is 2.77. The quantitative estimate of drug-likeness (QED) is 0.119. The molecule has 8 atom stereocenters. The van der Waals surface area contributed by atoms with Crippen LogP contribution in [0.4, 0.5) is 0 Å². The highest BCUT2D eigenvalue weighted by atomic mass is 79.9. The van der Waals surface area contributed by atoms with Crippen LogP contribution in [0.25, 0.3) is 0 Å². The van der Waals surface area contributed by atoms with E-state index in [4.69, 9.17) is 9.47 Å². The SMILES string of the molecule is C=CCCC(=O)OC[C@@H](NC(=O)[C@@H]1[C@H]2O[C@@]3(CC2Br)[C@H](C(=O)N(CC=C)Cc2ccccc2)N([C@H](CO)c2ccccc2)C(=O)[C@@H]13)c1ccccc1. The van der Waals surface area contributed by atoms with E-state index in [1.807, 2.05) is 91.0 Å². The second-order valence-electron chi connectivity index (χ2n) is 13.5. The number of rotatable bonds is 16. The smallest absolute Gasteiger partial charge is 0.306 e. The molecule has 2 N–H and O–H groups in total. The minimum absolute atomic E-state index is 0.116. The number of halogens is 1. The second-order valence-corrected chi connectivity index (χ2v) is 14.7. The van der Waals surface area contributed by atoms with E-state index in [9.17, 15) is 24.3 Å². The summed E-state index contributed by atoms with van der Waals surface area (Å²) < 4.78 is 12.4. The Kier molecular flexibility index (Phi) is 11.7.